The topological polar surface area (TPSA) is 180 Å². The molecule has 0 saturated carbocycles. The van der Waals surface area contributed by atoms with Gasteiger partial charge in [-0.15, -0.1) is 0 Å². The highest BCUT2D eigenvalue weighted by atomic mass is 32.2. The molecule has 3 aromatic carbocycles. The maximum atomic E-state index is 12.6. The van der Waals surface area contributed by atoms with Crippen LogP contribution in [0.2, 0.25) is 0 Å². The van der Waals surface area contributed by atoms with Crippen molar-refractivity contribution in [1.29, 1.82) is 0 Å². The number of rotatable bonds is 9. The number of hydrazone groups is 1. The van der Waals surface area contributed by atoms with Crippen molar-refractivity contribution >= 4 is 33.6 Å². The number of methoxy groups -OCH3 is 1. The molecule has 3 aromatic rings. The molecule has 13 nitrogen and oxygen atoms in total. The Kier molecular flexibility index (Phi) is 7.36. The van der Waals surface area contributed by atoms with Gasteiger partial charge in [0.25, 0.3) is 17.3 Å². The fourth-order valence-electron chi connectivity index (χ4n) is 2.80. The molecule has 0 atom stereocenters. The average Bonchev–Trinajstić information content (AvgIpc) is 2.84. The van der Waals surface area contributed by atoms with Crippen molar-refractivity contribution < 1.29 is 32.0 Å². The molecule has 0 unspecified atom stereocenters. The Hall–Kier alpha value is -4.85. The summed E-state index contributed by atoms with van der Waals surface area (Å²) in [6.07, 6.45) is 1.20. The van der Waals surface area contributed by atoms with Gasteiger partial charge in [0.2, 0.25) is 0 Å². The molecule has 0 saturated heterocycles. The number of carbonyl (C=O) groups excluding carboxylic acids is 1. The summed E-state index contributed by atoms with van der Waals surface area (Å²) >= 11 is 0. The number of hydrogen-bond acceptors (Lipinski definition) is 10. The van der Waals surface area contributed by atoms with Crippen LogP contribution in [0.3, 0.4) is 0 Å². The largest absolute Gasteiger partial charge is 0.493 e. The highest BCUT2D eigenvalue weighted by Gasteiger charge is 2.22. The summed E-state index contributed by atoms with van der Waals surface area (Å²) in [6.45, 7) is 0. The van der Waals surface area contributed by atoms with Crippen molar-refractivity contribution in [3.05, 3.63) is 98.1 Å². The summed E-state index contributed by atoms with van der Waals surface area (Å²) in [4.78, 5) is 32.3. The minimum atomic E-state index is -4.41. The zero-order valence-corrected chi connectivity index (χ0v) is 18.7. The van der Waals surface area contributed by atoms with Gasteiger partial charge in [0.05, 0.1) is 23.2 Å². The molecule has 0 radical (unpaired) electrons. The third-order valence-electron chi connectivity index (χ3n) is 4.43. The van der Waals surface area contributed by atoms with Crippen molar-refractivity contribution in [2.75, 3.05) is 7.11 Å². The number of benzene rings is 3. The fraction of sp³-hybridized carbons (Fsp3) is 0.0476. The number of nitro groups is 2. The lowest BCUT2D eigenvalue weighted by Crippen LogP contribution is -2.18. The third-order valence-corrected chi connectivity index (χ3v) is 5.66. The van der Waals surface area contributed by atoms with Gasteiger partial charge in [-0.05, 0) is 35.9 Å². The predicted octanol–water partition coefficient (Wildman–Crippen LogP) is 3.04. The summed E-state index contributed by atoms with van der Waals surface area (Å²) in [7, 11) is -3.15. The SMILES string of the molecule is COc1cc(/C=N\NC(=O)c2ccccc2[N+](=O)[O-])ccc1OS(=O)(=O)c1cccc([N+](=O)[O-])c1. The van der Waals surface area contributed by atoms with Gasteiger partial charge in [0, 0.05) is 18.2 Å². The molecule has 0 heterocycles. The lowest BCUT2D eigenvalue weighted by molar-refractivity contribution is -0.385. The molecule has 180 valence electrons. The van der Waals surface area contributed by atoms with Gasteiger partial charge < -0.3 is 8.92 Å². The average molecular weight is 500 g/mol. The molecular weight excluding hydrogens is 484 g/mol. The van der Waals surface area contributed by atoms with Crippen LogP contribution in [0.25, 0.3) is 0 Å². The van der Waals surface area contributed by atoms with Gasteiger partial charge in [0.1, 0.15) is 10.5 Å². The molecule has 3 rings (SSSR count). The Balaban J connectivity index is 1.77. The van der Waals surface area contributed by atoms with Crippen molar-refractivity contribution in [3.63, 3.8) is 0 Å². The molecule has 0 aliphatic carbocycles. The van der Waals surface area contributed by atoms with Crippen molar-refractivity contribution in [2.45, 2.75) is 4.90 Å². The summed E-state index contributed by atoms with van der Waals surface area (Å²) in [5, 5.41) is 25.7. The van der Waals surface area contributed by atoms with Gasteiger partial charge in [0.15, 0.2) is 11.5 Å². The molecule has 0 spiro atoms. The molecular formula is C21H16N4O9S. The number of nitrogens with zero attached hydrogens (tertiary/aromatic N) is 3. The number of nitrogens with one attached hydrogen (secondary N) is 1. The second kappa shape index (κ2) is 10.4. The van der Waals surface area contributed by atoms with Crippen LogP contribution in [0.1, 0.15) is 15.9 Å². The zero-order valence-electron chi connectivity index (χ0n) is 17.9. The van der Waals surface area contributed by atoms with Gasteiger partial charge in [-0.2, -0.15) is 13.5 Å². The summed E-state index contributed by atoms with van der Waals surface area (Å²) < 4.78 is 35.4. The van der Waals surface area contributed by atoms with E-state index >= 15 is 0 Å². The number of para-hydroxylation sites is 1. The second-order valence-corrected chi connectivity index (χ2v) is 8.22. The van der Waals surface area contributed by atoms with E-state index in [1.807, 2.05) is 0 Å². The highest BCUT2D eigenvalue weighted by molar-refractivity contribution is 7.87. The van der Waals surface area contributed by atoms with Crippen molar-refractivity contribution in [1.82, 2.24) is 5.43 Å². The van der Waals surface area contributed by atoms with E-state index < -0.39 is 36.5 Å². The van der Waals surface area contributed by atoms with E-state index in [1.54, 1.807) is 0 Å². The van der Waals surface area contributed by atoms with Crippen LogP contribution >= 0.6 is 0 Å². The Labute approximate surface area is 198 Å². The van der Waals surface area contributed by atoms with Gasteiger partial charge in [-0.25, -0.2) is 5.43 Å². The normalized spacial score (nSPS) is 11.1. The van der Waals surface area contributed by atoms with Crippen LogP contribution in [0.4, 0.5) is 11.4 Å². The van der Waals surface area contributed by atoms with E-state index in [2.05, 4.69) is 10.5 Å². The Morgan fingerprint density at radius 2 is 1.71 bits per heavy atom. The number of hydrogen-bond donors (Lipinski definition) is 1. The molecule has 35 heavy (non-hydrogen) atoms. The summed E-state index contributed by atoms with van der Waals surface area (Å²) in [6, 6.07) is 13.7. The van der Waals surface area contributed by atoms with Crippen LogP contribution in [-0.4, -0.2) is 37.5 Å². The lowest BCUT2D eigenvalue weighted by Gasteiger charge is -2.11. The van der Waals surface area contributed by atoms with E-state index in [1.165, 1.54) is 61.9 Å². The Morgan fingerprint density at radius 1 is 0.971 bits per heavy atom. The molecule has 0 fully saturated rings. The molecule has 14 heteroatoms. The van der Waals surface area contributed by atoms with E-state index in [-0.39, 0.29) is 22.7 Å². The first-order valence-electron chi connectivity index (χ1n) is 9.56. The monoisotopic (exact) mass is 500 g/mol. The number of non-ortho nitro benzene ring substituents is 1. The number of nitro benzene ring substituents is 2. The van der Waals surface area contributed by atoms with Crippen molar-refractivity contribution in [2.24, 2.45) is 5.10 Å². The molecule has 1 amide bonds. The molecule has 0 aromatic heterocycles. The van der Waals surface area contributed by atoms with E-state index in [9.17, 15) is 33.4 Å². The first-order valence-corrected chi connectivity index (χ1v) is 11.0. The molecule has 0 aliphatic rings. The van der Waals surface area contributed by atoms with Gasteiger partial charge >= 0.3 is 10.1 Å². The molecule has 0 bridgehead atoms. The van der Waals surface area contributed by atoms with Crippen molar-refractivity contribution in [3.8, 4) is 11.5 Å². The lowest BCUT2D eigenvalue weighted by atomic mass is 10.2. The van der Waals surface area contributed by atoms with E-state index in [4.69, 9.17) is 8.92 Å². The van der Waals surface area contributed by atoms with E-state index in [0.717, 1.165) is 18.2 Å². The maximum absolute atomic E-state index is 12.6. The first-order chi connectivity index (χ1) is 16.6. The smallest absolute Gasteiger partial charge is 0.339 e. The first kappa shape index (κ1) is 24.8. The number of ether oxygens (including phenoxy) is 1. The number of amides is 1. The summed E-state index contributed by atoms with van der Waals surface area (Å²) in [5.74, 6) is -1.00. The van der Waals surface area contributed by atoms with Crippen LogP contribution in [0, 0.1) is 20.2 Å². The number of carbonyl (C=O) groups is 1. The zero-order chi connectivity index (χ0) is 25.6. The molecule has 1 N–H and O–H groups in total. The summed E-state index contributed by atoms with van der Waals surface area (Å²) in [5.41, 5.74) is 1.56. The predicted molar refractivity (Wildman–Crippen MR) is 122 cm³/mol. The van der Waals surface area contributed by atoms with Crippen LogP contribution in [-0.2, 0) is 10.1 Å². The quantitative estimate of drug-likeness (QED) is 0.200. The Bertz CT molecular complexity index is 1440. The standard InChI is InChI=1S/C21H16N4O9S/c1-33-20-11-14(13-22-23-21(26)17-7-2-3-8-18(17)25(29)30)9-10-19(20)34-35(31,32)16-6-4-5-15(12-16)24(27)28/h2-13H,1H3,(H,23,26)/b22-13-. The highest BCUT2D eigenvalue weighted by Crippen LogP contribution is 2.31. The third kappa shape index (κ3) is 5.94. The van der Waals surface area contributed by atoms with Crippen LogP contribution in [0.15, 0.2) is 76.7 Å². The minimum absolute atomic E-state index is 0.00650. The second-order valence-electron chi connectivity index (χ2n) is 6.68. The van der Waals surface area contributed by atoms with Crippen LogP contribution < -0.4 is 14.3 Å². The van der Waals surface area contributed by atoms with E-state index in [0.29, 0.717) is 5.56 Å². The molecule has 0 aliphatic heterocycles. The Morgan fingerprint density at radius 3 is 2.40 bits per heavy atom. The van der Waals surface area contributed by atoms with Gasteiger partial charge in [-0.3, -0.25) is 25.0 Å². The maximum Gasteiger partial charge on any atom is 0.339 e. The van der Waals surface area contributed by atoms with Gasteiger partial charge in [-0.1, -0.05) is 18.2 Å². The minimum Gasteiger partial charge on any atom is -0.493 e. The van der Waals surface area contributed by atoms with Crippen LogP contribution in [0.5, 0.6) is 11.5 Å². The fourth-order valence-corrected chi connectivity index (χ4v) is 3.78.